The fraction of sp³-hybridized carbons (Fsp3) is 0.273. The standard InChI is InChI=1S/C22H22N6O3/c29-19(14-28-20(30)15-6-1-2-7-16(15)25-22(28)31)26-10-5-11-27(13-12-26)21-23-17-8-3-4-9-18(17)24-21/h1-4,6-9H,5,10-14H2,(H,23,24)(H,25,31). The average molecular weight is 418 g/mol. The van der Waals surface area contributed by atoms with Crippen molar-refractivity contribution in [1.82, 2.24) is 24.4 Å². The third-order valence-electron chi connectivity index (χ3n) is 5.71. The SMILES string of the molecule is O=C(Cn1c(=O)[nH]c2ccccc2c1=O)N1CCCN(c2nc3ccccc3[nH]2)CC1. The van der Waals surface area contributed by atoms with Crippen LogP contribution in [-0.2, 0) is 11.3 Å². The van der Waals surface area contributed by atoms with Crippen LogP contribution in [0.5, 0.6) is 0 Å². The number of para-hydroxylation sites is 3. The second-order valence-electron chi connectivity index (χ2n) is 7.67. The first kappa shape index (κ1) is 19.1. The number of H-pyrrole nitrogens is 2. The van der Waals surface area contributed by atoms with E-state index in [9.17, 15) is 14.4 Å². The van der Waals surface area contributed by atoms with Gasteiger partial charge in [0.25, 0.3) is 5.56 Å². The van der Waals surface area contributed by atoms with Gasteiger partial charge in [0.2, 0.25) is 11.9 Å². The maximum atomic E-state index is 12.9. The molecule has 1 aliphatic heterocycles. The van der Waals surface area contributed by atoms with Crippen molar-refractivity contribution in [2.75, 3.05) is 31.1 Å². The van der Waals surface area contributed by atoms with E-state index in [1.54, 1.807) is 29.2 Å². The number of carbonyl (C=O) groups is 1. The van der Waals surface area contributed by atoms with Crippen LogP contribution in [0.4, 0.5) is 5.95 Å². The van der Waals surface area contributed by atoms with Crippen molar-refractivity contribution < 1.29 is 4.79 Å². The van der Waals surface area contributed by atoms with Gasteiger partial charge in [-0.05, 0) is 30.7 Å². The highest BCUT2D eigenvalue weighted by molar-refractivity contribution is 5.79. The van der Waals surface area contributed by atoms with Crippen molar-refractivity contribution in [2.45, 2.75) is 13.0 Å². The molecule has 0 bridgehead atoms. The molecular weight excluding hydrogens is 396 g/mol. The summed E-state index contributed by atoms with van der Waals surface area (Å²) in [6.07, 6.45) is 0.770. The number of amides is 1. The number of aromatic nitrogens is 4. The molecule has 9 nitrogen and oxygen atoms in total. The Morgan fingerprint density at radius 2 is 1.68 bits per heavy atom. The summed E-state index contributed by atoms with van der Waals surface area (Å²) in [5.41, 5.74) is 1.33. The molecule has 1 saturated heterocycles. The minimum absolute atomic E-state index is 0.241. The molecule has 0 radical (unpaired) electrons. The molecule has 0 saturated carbocycles. The number of fused-ring (bicyclic) bond motifs is 2. The van der Waals surface area contributed by atoms with Gasteiger partial charge in [-0.2, -0.15) is 0 Å². The molecular formula is C22H22N6O3. The number of carbonyl (C=O) groups excluding carboxylic acids is 1. The van der Waals surface area contributed by atoms with Gasteiger partial charge >= 0.3 is 5.69 Å². The van der Waals surface area contributed by atoms with E-state index >= 15 is 0 Å². The Balaban J connectivity index is 1.32. The van der Waals surface area contributed by atoms with E-state index in [0.717, 1.165) is 34.5 Å². The number of hydrogen-bond acceptors (Lipinski definition) is 5. The maximum Gasteiger partial charge on any atom is 0.329 e. The van der Waals surface area contributed by atoms with Gasteiger partial charge in [0.15, 0.2) is 0 Å². The van der Waals surface area contributed by atoms with E-state index in [-0.39, 0.29) is 12.5 Å². The highest BCUT2D eigenvalue weighted by Gasteiger charge is 2.22. The molecule has 9 heteroatoms. The molecule has 0 spiro atoms. The van der Waals surface area contributed by atoms with Gasteiger partial charge in [0, 0.05) is 26.2 Å². The Bertz CT molecular complexity index is 1350. The predicted molar refractivity (Wildman–Crippen MR) is 118 cm³/mol. The zero-order valence-electron chi connectivity index (χ0n) is 16.9. The van der Waals surface area contributed by atoms with Crippen molar-refractivity contribution >= 4 is 33.8 Å². The predicted octanol–water partition coefficient (Wildman–Crippen LogP) is 1.30. The van der Waals surface area contributed by atoms with Crippen LogP contribution in [0.2, 0.25) is 0 Å². The highest BCUT2D eigenvalue weighted by Crippen LogP contribution is 2.18. The van der Waals surface area contributed by atoms with Gasteiger partial charge in [0.1, 0.15) is 6.54 Å². The van der Waals surface area contributed by atoms with Gasteiger partial charge in [0.05, 0.1) is 21.9 Å². The van der Waals surface area contributed by atoms with Crippen LogP contribution >= 0.6 is 0 Å². The summed E-state index contributed by atoms with van der Waals surface area (Å²) >= 11 is 0. The van der Waals surface area contributed by atoms with E-state index in [0.29, 0.717) is 30.5 Å². The van der Waals surface area contributed by atoms with Gasteiger partial charge in [-0.15, -0.1) is 0 Å². The minimum atomic E-state index is -0.573. The highest BCUT2D eigenvalue weighted by atomic mass is 16.2. The molecule has 0 unspecified atom stereocenters. The number of anilines is 1. The minimum Gasteiger partial charge on any atom is -0.341 e. The lowest BCUT2D eigenvalue weighted by Crippen LogP contribution is -2.43. The first-order valence-electron chi connectivity index (χ1n) is 10.3. The molecule has 2 aromatic heterocycles. The first-order valence-corrected chi connectivity index (χ1v) is 10.3. The molecule has 1 amide bonds. The summed E-state index contributed by atoms with van der Waals surface area (Å²) in [5.74, 6) is 0.548. The van der Waals surface area contributed by atoms with E-state index in [2.05, 4.69) is 19.9 Å². The van der Waals surface area contributed by atoms with Gasteiger partial charge in [-0.3, -0.25) is 14.2 Å². The molecule has 158 valence electrons. The van der Waals surface area contributed by atoms with E-state index in [1.165, 1.54) is 0 Å². The lowest BCUT2D eigenvalue weighted by atomic mass is 10.2. The molecule has 1 aliphatic rings. The molecule has 0 atom stereocenters. The Morgan fingerprint density at radius 3 is 2.52 bits per heavy atom. The number of aromatic amines is 2. The Morgan fingerprint density at radius 1 is 0.903 bits per heavy atom. The quantitative estimate of drug-likeness (QED) is 0.522. The van der Waals surface area contributed by atoms with E-state index < -0.39 is 11.2 Å². The van der Waals surface area contributed by atoms with Crippen LogP contribution in [-0.4, -0.2) is 56.5 Å². The number of imidazole rings is 1. The van der Waals surface area contributed by atoms with Gasteiger partial charge in [-0.1, -0.05) is 24.3 Å². The Labute approximate surface area is 176 Å². The van der Waals surface area contributed by atoms with Crippen LogP contribution < -0.4 is 16.1 Å². The molecule has 31 heavy (non-hydrogen) atoms. The molecule has 0 aliphatic carbocycles. The van der Waals surface area contributed by atoms with E-state index in [4.69, 9.17) is 0 Å². The van der Waals surface area contributed by atoms with Crippen molar-refractivity contribution in [2.24, 2.45) is 0 Å². The van der Waals surface area contributed by atoms with Crippen LogP contribution in [0.25, 0.3) is 21.9 Å². The molecule has 2 aromatic carbocycles. The molecule has 1 fully saturated rings. The van der Waals surface area contributed by atoms with Crippen molar-refractivity contribution in [1.29, 1.82) is 0 Å². The number of hydrogen-bond donors (Lipinski definition) is 2. The second-order valence-corrected chi connectivity index (χ2v) is 7.67. The largest absolute Gasteiger partial charge is 0.341 e. The van der Waals surface area contributed by atoms with Crippen LogP contribution in [0.1, 0.15) is 6.42 Å². The maximum absolute atomic E-state index is 12.9. The third-order valence-corrected chi connectivity index (χ3v) is 5.71. The summed E-state index contributed by atoms with van der Waals surface area (Å²) in [6, 6.07) is 14.7. The van der Waals surface area contributed by atoms with Crippen LogP contribution in [0.3, 0.4) is 0 Å². The van der Waals surface area contributed by atoms with Crippen molar-refractivity contribution in [3.63, 3.8) is 0 Å². The normalized spacial score (nSPS) is 14.8. The lowest BCUT2D eigenvalue weighted by Gasteiger charge is -2.22. The van der Waals surface area contributed by atoms with Crippen molar-refractivity contribution in [3.8, 4) is 0 Å². The summed E-state index contributed by atoms with van der Waals surface area (Å²) in [7, 11) is 0. The summed E-state index contributed by atoms with van der Waals surface area (Å²) < 4.78 is 0.979. The molecule has 4 aromatic rings. The Kier molecular flexibility index (Phi) is 4.78. The third kappa shape index (κ3) is 3.58. The molecule has 5 rings (SSSR count). The zero-order chi connectivity index (χ0) is 21.4. The van der Waals surface area contributed by atoms with Crippen LogP contribution in [0.15, 0.2) is 58.1 Å². The lowest BCUT2D eigenvalue weighted by molar-refractivity contribution is -0.131. The average Bonchev–Trinajstić information content (AvgIpc) is 3.05. The fourth-order valence-corrected chi connectivity index (χ4v) is 4.05. The number of benzene rings is 2. The fourth-order valence-electron chi connectivity index (χ4n) is 4.05. The van der Waals surface area contributed by atoms with Crippen molar-refractivity contribution in [3.05, 3.63) is 69.4 Å². The first-order chi connectivity index (χ1) is 15.1. The number of rotatable bonds is 3. The smallest absolute Gasteiger partial charge is 0.329 e. The van der Waals surface area contributed by atoms with E-state index in [1.807, 2.05) is 24.3 Å². The summed E-state index contributed by atoms with van der Waals surface area (Å²) in [6.45, 7) is 2.17. The summed E-state index contributed by atoms with van der Waals surface area (Å²) in [5, 5.41) is 0.391. The topological polar surface area (TPSA) is 107 Å². The summed E-state index contributed by atoms with van der Waals surface area (Å²) in [4.78, 5) is 52.5. The second kappa shape index (κ2) is 7.75. The number of nitrogens with zero attached hydrogens (tertiary/aromatic N) is 4. The zero-order valence-corrected chi connectivity index (χ0v) is 16.9. The monoisotopic (exact) mass is 418 g/mol. The molecule has 2 N–H and O–H groups in total. The molecule has 3 heterocycles. The van der Waals surface area contributed by atoms with Crippen LogP contribution in [0, 0.1) is 0 Å². The van der Waals surface area contributed by atoms with Gasteiger partial charge in [-0.25, -0.2) is 9.78 Å². The van der Waals surface area contributed by atoms with Gasteiger partial charge < -0.3 is 19.8 Å². The number of nitrogens with one attached hydrogen (secondary N) is 2. The Hall–Kier alpha value is -3.88.